The first-order valence-corrected chi connectivity index (χ1v) is 8.31. The predicted octanol–water partition coefficient (Wildman–Crippen LogP) is 2.54. The van der Waals surface area contributed by atoms with Gasteiger partial charge in [-0.3, -0.25) is 4.79 Å². The summed E-state index contributed by atoms with van der Waals surface area (Å²) in [6, 6.07) is 3.76. The molecule has 1 aromatic heterocycles. The topological polar surface area (TPSA) is 83.6 Å². The van der Waals surface area contributed by atoms with Crippen molar-refractivity contribution in [2.24, 2.45) is 0 Å². The molecule has 0 atom stereocenters. The van der Waals surface area contributed by atoms with E-state index < -0.39 is 11.7 Å². The number of amides is 2. The van der Waals surface area contributed by atoms with E-state index in [0.717, 1.165) is 18.8 Å². The predicted molar refractivity (Wildman–Crippen MR) is 93.2 cm³/mol. The van der Waals surface area contributed by atoms with Crippen LogP contribution in [-0.2, 0) is 9.53 Å². The zero-order valence-electron chi connectivity index (χ0n) is 14.6. The van der Waals surface area contributed by atoms with E-state index in [4.69, 9.17) is 4.74 Å². The lowest BCUT2D eigenvalue weighted by molar-refractivity contribution is -0.116. The summed E-state index contributed by atoms with van der Waals surface area (Å²) >= 11 is 0. The summed E-state index contributed by atoms with van der Waals surface area (Å²) in [5, 5.41) is 5.27. The summed E-state index contributed by atoms with van der Waals surface area (Å²) in [5.41, 5.74) is 0.532. The smallest absolute Gasteiger partial charge is 0.407 e. The maximum Gasteiger partial charge on any atom is 0.407 e. The molecule has 1 saturated heterocycles. The van der Waals surface area contributed by atoms with Gasteiger partial charge in [0.15, 0.2) is 0 Å². The Kier molecular flexibility index (Phi) is 6.00. The highest BCUT2D eigenvalue weighted by atomic mass is 16.6. The van der Waals surface area contributed by atoms with Gasteiger partial charge in [0.25, 0.3) is 0 Å². The van der Waals surface area contributed by atoms with Crippen LogP contribution < -0.4 is 15.5 Å². The summed E-state index contributed by atoms with van der Waals surface area (Å²) in [4.78, 5) is 29.9. The Morgan fingerprint density at radius 3 is 2.54 bits per heavy atom. The van der Waals surface area contributed by atoms with Crippen molar-refractivity contribution in [1.82, 2.24) is 10.3 Å². The van der Waals surface area contributed by atoms with Crippen molar-refractivity contribution in [3.8, 4) is 0 Å². The highest BCUT2D eigenvalue weighted by Crippen LogP contribution is 2.20. The van der Waals surface area contributed by atoms with Crippen LogP contribution >= 0.6 is 0 Å². The molecule has 0 aromatic carbocycles. The van der Waals surface area contributed by atoms with Crippen LogP contribution in [0.4, 0.5) is 16.3 Å². The van der Waals surface area contributed by atoms with E-state index in [1.807, 2.05) is 6.07 Å². The fourth-order valence-electron chi connectivity index (χ4n) is 2.42. The van der Waals surface area contributed by atoms with Gasteiger partial charge in [-0.25, -0.2) is 9.78 Å². The van der Waals surface area contributed by atoms with Crippen LogP contribution in [0.5, 0.6) is 0 Å². The highest BCUT2D eigenvalue weighted by molar-refractivity contribution is 5.90. The molecule has 0 bridgehead atoms. The van der Waals surface area contributed by atoms with Crippen LogP contribution in [0, 0.1) is 0 Å². The first-order chi connectivity index (χ1) is 11.3. The molecule has 24 heavy (non-hydrogen) atoms. The highest BCUT2D eigenvalue weighted by Gasteiger charge is 2.16. The second-order valence-electron chi connectivity index (χ2n) is 6.82. The molecule has 0 aliphatic carbocycles. The Hall–Kier alpha value is -2.31. The number of ether oxygens (including phenoxy) is 1. The Labute approximate surface area is 142 Å². The van der Waals surface area contributed by atoms with Crippen molar-refractivity contribution < 1.29 is 14.3 Å². The molecule has 2 N–H and O–H groups in total. The second kappa shape index (κ2) is 7.99. The van der Waals surface area contributed by atoms with Gasteiger partial charge in [-0.2, -0.15) is 0 Å². The minimum Gasteiger partial charge on any atom is -0.444 e. The van der Waals surface area contributed by atoms with Crippen LogP contribution in [0.1, 0.15) is 40.0 Å². The van der Waals surface area contributed by atoms with Crippen molar-refractivity contribution in [3.05, 3.63) is 18.3 Å². The zero-order valence-corrected chi connectivity index (χ0v) is 14.6. The summed E-state index contributed by atoms with van der Waals surface area (Å²) in [7, 11) is 0. The van der Waals surface area contributed by atoms with Crippen LogP contribution in [-0.4, -0.2) is 42.2 Å². The third-order valence-electron chi connectivity index (χ3n) is 3.51. The van der Waals surface area contributed by atoms with E-state index in [1.165, 1.54) is 12.8 Å². The van der Waals surface area contributed by atoms with Crippen molar-refractivity contribution in [3.63, 3.8) is 0 Å². The number of aromatic nitrogens is 1. The van der Waals surface area contributed by atoms with Crippen LogP contribution in [0.2, 0.25) is 0 Å². The van der Waals surface area contributed by atoms with Crippen molar-refractivity contribution in [2.75, 3.05) is 29.9 Å². The number of carbonyl (C=O) groups excluding carboxylic acids is 2. The SMILES string of the molecule is CC(C)(C)OC(=O)NCCC(=O)Nc1ccc(N2CCCC2)cn1. The van der Waals surface area contributed by atoms with E-state index in [9.17, 15) is 9.59 Å². The van der Waals surface area contributed by atoms with E-state index >= 15 is 0 Å². The van der Waals surface area contributed by atoms with E-state index in [2.05, 4.69) is 20.5 Å². The summed E-state index contributed by atoms with van der Waals surface area (Å²) < 4.78 is 5.10. The Morgan fingerprint density at radius 2 is 1.96 bits per heavy atom. The molecule has 0 unspecified atom stereocenters. The molecule has 1 aliphatic rings. The maximum absolute atomic E-state index is 11.9. The molecule has 0 spiro atoms. The molecule has 132 valence electrons. The number of alkyl carbamates (subject to hydrolysis) is 1. The van der Waals surface area contributed by atoms with Crippen LogP contribution in [0.3, 0.4) is 0 Å². The fourth-order valence-corrected chi connectivity index (χ4v) is 2.42. The van der Waals surface area contributed by atoms with Gasteiger partial charge in [0.1, 0.15) is 11.4 Å². The van der Waals surface area contributed by atoms with Gasteiger partial charge in [-0.05, 0) is 45.7 Å². The third-order valence-corrected chi connectivity index (χ3v) is 3.51. The number of pyridine rings is 1. The largest absolute Gasteiger partial charge is 0.444 e. The fraction of sp³-hybridized carbons (Fsp3) is 0.588. The number of hydrogen-bond donors (Lipinski definition) is 2. The first kappa shape index (κ1) is 18.0. The maximum atomic E-state index is 11.9. The molecule has 2 rings (SSSR count). The molecule has 2 heterocycles. The lowest BCUT2D eigenvalue weighted by Gasteiger charge is -2.19. The Bertz CT molecular complexity index is 560. The average molecular weight is 334 g/mol. The van der Waals surface area contributed by atoms with Gasteiger partial charge >= 0.3 is 6.09 Å². The van der Waals surface area contributed by atoms with E-state index in [-0.39, 0.29) is 18.9 Å². The van der Waals surface area contributed by atoms with Crippen molar-refractivity contribution in [2.45, 2.75) is 45.6 Å². The molecule has 7 heteroatoms. The van der Waals surface area contributed by atoms with Gasteiger partial charge in [0.05, 0.1) is 11.9 Å². The summed E-state index contributed by atoms with van der Waals surface area (Å²) in [6.07, 6.45) is 3.84. The number of anilines is 2. The number of hydrogen-bond acceptors (Lipinski definition) is 5. The Balaban J connectivity index is 1.71. The van der Waals surface area contributed by atoms with E-state index in [1.54, 1.807) is 33.0 Å². The van der Waals surface area contributed by atoms with Crippen molar-refractivity contribution in [1.29, 1.82) is 0 Å². The molecule has 1 aliphatic heterocycles. The number of carbonyl (C=O) groups is 2. The summed E-state index contributed by atoms with van der Waals surface area (Å²) in [6.45, 7) is 7.70. The molecule has 1 aromatic rings. The molecule has 0 radical (unpaired) electrons. The van der Waals surface area contributed by atoms with Gasteiger partial charge in [-0.15, -0.1) is 0 Å². The van der Waals surface area contributed by atoms with Gasteiger partial charge < -0.3 is 20.3 Å². The lowest BCUT2D eigenvalue weighted by atomic mass is 10.2. The normalized spacial score (nSPS) is 14.4. The van der Waals surface area contributed by atoms with Crippen LogP contribution in [0.15, 0.2) is 18.3 Å². The monoisotopic (exact) mass is 334 g/mol. The molecular weight excluding hydrogens is 308 g/mol. The van der Waals surface area contributed by atoms with Gasteiger partial charge in [0, 0.05) is 26.1 Å². The number of rotatable bonds is 5. The number of nitrogens with one attached hydrogen (secondary N) is 2. The third kappa shape index (κ3) is 6.06. The second-order valence-corrected chi connectivity index (χ2v) is 6.82. The standard InChI is InChI=1S/C17H26N4O3/c1-17(2,3)24-16(23)18-9-8-15(22)20-14-7-6-13(12-19-14)21-10-4-5-11-21/h6-7,12H,4-5,8-11H2,1-3H3,(H,18,23)(H,19,20,22). The van der Waals surface area contributed by atoms with E-state index in [0.29, 0.717) is 5.82 Å². The minimum atomic E-state index is -0.548. The van der Waals surface area contributed by atoms with Crippen LogP contribution in [0.25, 0.3) is 0 Å². The molecule has 1 fully saturated rings. The number of nitrogens with zero attached hydrogens (tertiary/aromatic N) is 2. The van der Waals surface area contributed by atoms with Crippen molar-refractivity contribution >= 4 is 23.5 Å². The lowest BCUT2D eigenvalue weighted by Crippen LogP contribution is -2.34. The summed E-state index contributed by atoms with van der Waals surface area (Å²) in [5.74, 6) is 0.313. The first-order valence-electron chi connectivity index (χ1n) is 8.31. The van der Waals surface area contributed by atoms with Gasteiger partial charge in [-0.1, -0.05) is 0 Å². The zero-order chi connectivity index (χ0) is 17.6. The molecule has 7 nitrogen and oxygen atoms in total. The van der Waals surface area contributed by atoms with Gasteiger partial charge in [0.2, 0.25) is 5.91 Å². The average Bonchev–Trinajstić information content (AvgIpc) is 3.00. The molecular formula is C17H26N4O3. The molecule has 0 saturated carbocycles. The molecule has 2 amide bonds. The minimum absolute atomic E-state index is 0.162. The Morgan fingerprint density at radius 1 is 1.25 bits per heavy atom. The quantitative estimate of drug-likeness (QED) is 0.864.